The molecular formula is C20H33NO3S. The third-order valence-corrected chi connectivity index (χ3v) is 9.03. The van der Waals surface area contributed by atoms with Crippen molar-refractivity contribution in [2.75, 3.05) is 18.6 Å². The van der Waals surface area contributed by atoms with Gasteiger partial charge in [0.15, 0.2) is 9.84 Å². The summed E-state index contributed by atoms with van der Waals surface area (Å²) < 4.78 is 23.7. The number of rotatable bonds is 6. The highest BCUT2D eigenvalue weighted by Gasteiger charge is 2.51. The lowest BCUT2D eigenvalue weighted by Crippen LogP contribution is -2.47. The second-order valence-corrected chi connectivity index (χ2v) is 11.4. The minimum absolute atomic E-state index is 0.0377. The average Bonchev–Trinajstić information content (AvgIpc) is 2.52. The molecule has 0 saturated heterocycles. The first-order valence-corrected chi connectivity index (χ1v) is 11.6. The summed E-state index contributed by atoms with van der Waals surface area (Å²) in [7, 11) is -1.35. The Morgan fingerprint density at radius 3 is 2.08 bits per heavy atom. The van der Waals surface area contributed by atoms with Crippen LogP contribution in [0.1, 0.15) is 59.3 Å². The standard InChI is InChI=1S/C20H33NO3S/c1-5-25(23,24)13-15(3)21(4)19(22)6-14(2)20-10-16-7-17(11-20)9-18(8-16)12-20/h6,15-18H,5,7-13H2,1-4H3. The molecule has 25 heavy (non-hydrogen) atoms. The van der Waals surface area contributed by atoms with Crippen molar-refractivity contribution >= 4 is 15.7 Å². The van der Waals surface area contributed by atoms with Crippen molar-refractivity contribution in [2.45, 2.75) is 65.3 Å². The van der Waals surface area contributed by atoms with E-state index in [4.69, 9.17) is 0 Å². The van der Waals surface area contributed by atoms with Crippen molar-refractivity contribution in [2.24, 2.45) is 23.2 Å². The smallest absolute Gasteiger partial charge is 0.246 e. The fourth-order valence-electron chi connectivity index (χ4n) is 5.85. The predicted molar refractivity (Wildman–Crippen MR) is 101 cm³/mol. The maximum atomic E-state index is 12.7. The Labute approximate surface area is 153 Å². The molecule has 0 radical (unpaired) electrons. The maximum absolute atomic E-state index is 12.7. The molecule has 4 fully saturated rings. The molecule has 1 atom stereocenters. The summed E-state index contributed by atoms with van der Waals surface area (Å²) in [4.78, 5) is 14.3. The Balaban J connectivity index is 1.70. The van der Waals surface area contributed by atoms with Gasteiger partial charge in [0, 0.05) is 24.9 Å². The van der Waals surface area contributed by atoms with Crippen LogP contribution in [-0.4, -0.2) is 43.8 Å². The van der Waals surface area contributed by atoms with E-state index in [0.717, 1.165) is 17.8 Å². The van der Waals surface area contributed by atoms with Crippen LogP contribution in [0.25, 0.3) is 0 Å². The van der Waals surface area contributed by atoms with Crippen LogP contribution in [0, 0.1) is 23.2 Å². The number of sulfone groups is 1. The number of carbonyl (C=O) groups excluding carboxylic acids is 1. The molecule has 0 spiro atoms. The highest BCUT2D eigenvalue weighted by atomic mass is 32.2. The molecule has 4 aliphatic carbocycles. The van der Waals surface area contributed by atoms with Gasteiger partial charge in [-0.25, -0.2) is 8.42 Å². The van der Waals surface area contributed by atoms with Gasteiger partial charge in [-0.15, -0.1) is 0 Å². The summed E-state index contributed by atoms with van der Waals surface area (Å²) in [6.45, 7) is 5.60. The van der Waals surface area contributed by atoms with Gasteiger partial charge < -0.3 is 4.90 Å². The molecular weight excluding hydrogens is 334 g/mol. The number of allylic oxidation sites excluding steroid dienone is 1. The van der Waals surface area contributed by atoms with Gasteiger partial charge in [-0.05, 0) is 75.5 Å². The minimum atomic E-state index is -3.08. The third kappa shape index (κ3) is 3.81. The Hall–Kier alpha value is -0.840. The molecule has 1 unspecified atom stereocenters. The van der Waals surface area contributed by atoms with Crippen molar-refractivity contribution in [3.05, 3.63) is 11.6 Å². The van der Waals surface area contributed by atoms with E-state index in [2.05, 4.69) is 6.92 Å². The van der Waals surface area contributed by atoms with Crippen LogP contribution in [0.4, 0.5) is 0 Å². The van der Waals surface area contributed by atoms with E-state index < -0.39 is 9.84 Å². The third-order valence-electron chi connectivity index (χ3n) is 7.16. The van der Waals surface area contributed by atoms with Crippen molar-refractivity contribution < 1.29 is 13.2 Å². The Morgan fingerprint density at radius 1 is 1.16 bits per heavy atom. The monoisotopic (exact) mass is 367 g/mol. The lowest BCUT2D eigenvalue weighted by atomic mass is 9.48. The summed E-state index contributed by atoms with van der Waals surface area (Å²) in [5.41, 5.74) is 1.47. The fourth-order valence-corrected chi connectivity index (χ4v) is 7.04. The van der Waals surface area contributed by atoms with E-state index in [1.807, 2.05) is 13.0 Å². The maximum Gasteiger partial charge on any atom is 0.246 e. The summed E-state index contributed by atoms with van der Waals surface area (Å²) in [5, 5.41) is 0. The fraction of sp³-hybridized carbons (Fsp3) is 0.850. The van der Waals surface area contributed by atoms with Gasteiger partial charge in [0.2, 0.25) is 5.91 Å². The molecule has 0 aliphatic heterocycles. The van der Waals surface area contributed by atoms with Crippen molar-refractivity contribution in [1.82, 2.24) is 4.90 Å². The Bertz CT molecular complexity index is 629. The molecule has 0 aromatic carbocycles. The number of hydrogen-bond acceptors (Lipinski definition) is 3. The van der Waals surface area contributed by atoms with Crippen molar-refractivity contribution in [1.29, 1.82) is 0 Å². The molecule has 4 saturated carbocycles. The first kappa shape index (κ1) is 18.9. The molecule has 0 aromatic rings. The zero-order valence-corrected chi connectivity index (χ0v) is 16.9. The molecule has 4 aliphatic rings. The number of carbonyl (C=O) groups is 1. The molecule has 1 amide bonds. The van der Waals surface area contributed by atoms with Gasteiger partial charge in [-0.2, -0.15) is 0 Å². The van der Waals surface area contributed by atoms with Crippen molar-refractivity contribution in [3.8, 4) is 0 Å². The second kappa shape index (κ2) is 6.71. The molecule has 4 rings (SSSR count). The quantitative estimate of drug-likeness (QED) is 0.676. The topological polar surface area (TPSA) is 54.5 Å². The summed E-state index contributed by atoms with van der Waals surface area (Å²) in [6.07, 6.45) is 9.74. The molecule has 4 bridgehead atoms. The number of likely N-dealkylation sites (N-methyl/N-ethyl adjacent to an activating group) is 1. The van der Waals surface area contributed by atoms with Gasteiger partial charge >= 0.3 is 0 Å². The van der Waals surface area contributed by atoms with Gasteiger partial charge in [0.1, 0.15) is 0 Å². The number of hydrogen-bond donors (Lipinski definition) is 0. The van der Waals surface area contributed by atoms with Crippen LogP contribution in [0.15, 0.2) is 11.6 Å². The van der Waals surface area contributed by atoms with Gasteiger partial charge in [0.25, 0.3) is 0 Å². The van der Waals surface area contributed by atoms with Crippen LogP contribution in [0.5, 0.6) is 0 Å². The van der Waals surface area contributed by atoms with E-state index in [0.29, 0.717) is 0 Å². The first-order chi connectivity index (χ1) is 11.6. The van der Waals surface area contributed by atoms with E-state index in [9.17, 15) is 13.2 Å². The molecule has 5 heteroatoms. The van der Waals surface area contributed by atoms with E-state index in [1.165, 1.54) is 44.1 Å². The van der Waals surface area contributed by atoms with Crippen molar-refractivity contribution in [3.63, 3.8) is 0 Å². The Morgan fingerprint density at radius 2 is 1.64 bits per heavy atom. The highest BCUT2D eigenvalue weighted by molar-refractivity contribution is 7.91. The van der Waals surface area contributed by atoms with Crippen LogP contribution in [-0.2, 0) is 14.6 Å². The molecule has 0 heterocycles. The van der Waals surface area contributed by atoms with Gasteiger partial charge in [-0.3, -0.25) is 4.79 Å². The largest absolute Gasteiger partial charge is 0.338 e. The van der Waals surface area contributed by atoms with Crippen LogP contribution < -0.4 is 0 Å². The van der Waals surface area contributed by atoms with Crippen LogP contribution >= 0.6 is 0 Å². The molecule has 4 nitrogen and oxygen atoms in total. The number of amides is 1. The lowest BCUT2D eigenvalue weighted by Gasteiger charge is -2.57. The van der Waals surface area contributed by atoms with Crippen LogP contribution in [0.2, 0.25) is 0 Å². The predicted octanol–water partition coefficient (Wildman–Crippen LogP) is 3.43. The average molecular weight is 368 g/mol. The Kier molecular flexibility index (Phi) is 5.08. The molecule has 0 N–H and O–H groups in total. The first-order valence-electron chi connectivity index (χ1n) is 9.80. The highest BCUT2D eigenvalue weighted by Crippen LogP contribution is 2.62. The van der Waals surface area contributed by atoms with Crippen LogP contribution in [0.3, 0.4) is 0 Å². The minimum Gasteiger partial charge on any atom is -0.338 e. The van der Waals surface area contributed by atoms with Gasteiger partial charge in [-0.1, -0.05) is 12.5 Å². The summed E-state index contributed by atoms with van der Waals surface area (Å²) >= 11 is 0. The second-order valence-electron chi connectivity index (χ2n) is 9.02. The summed E-state index contributed by atoms with van der Waals surface area (Å²) in [6, 6.07) is -0.294. The zero-order chi connectivity index (χ0) is 18.4. The van der Waals surface area contributed by atoms with E-state index in [1.54, 1.807) is 18.9 Å². The molecule has 142 valence electrons. The van der Waals surface area contributed by atoms with Gasteiger partial charge in [0.05, 0.1) is 5.75 Å². The summed E-state index contributed by atoms with van der Waals surface area (Å²) in [5.74, 6) is 2.69. The van der Waals surface area contributed by atoms with E-state index in [-0.39, 0.29) is 28.9 Å². The van der Waals surface area contributed by atoms with E-state index >= 15 is 0 Å². The normalized spacial score (nSPS) is 35.7. The lowest BCUT2D eigenvalue weighted by molar-refractivity contribution is -0.126. The molecule has 0 aromatic heterocycles. The zero-order valence-electron chi connectivity index (χ0n) is 16.1. The number of nitrogens with zero attached hydrogens (tertiary/aromatic N) is 1. The SMILES string of the molecule is CCS(=O)(=O)CC(C)N(C)C(=O)C=C(C)C12CC3CC(CC(C3)C1)C2.